The average molecular weight is 642 g/mol. The lowest BCUT2D eigenvalue weighted by atomic mass is 9.71. The number of ether oxygens (including phenoxy) is 3. The fourth-order valence-corrected chi connectivity index (χ4v) is 6.85. The number of rotatable bonds is 9. The van der Waals surface area contributed by atoms with E-state index >= 15 is 0 Å². The summed E-state index contributed by atoms with van der Waals surface area (Å²) in [4.78, 5) is 29.4. The van der Waals surface area contributed by atoms with Crippen LogP contribution in [0.1, 0.15) is 67.6 Å². The van der Waals surface area contributed by atoms with Crippen LogP contribution >= 0.6 is 22.6 Å². The molecule has 7 heteroatoms. The highest BCUT2D eigenvalue weighted by Crippen LogP contribution is 2.50. The smallest absolute Gasteiger partial charge is 0.174 e. The van der Waals surface area contributed by atoms with Crippen molar-refractivity contribution in [1.82, 2.24) is 4.90 Å². The van der Waals surface area contributed by atoms with E-state index in [4.69, 9.17) is 14.2 Å². The SMILES string of the molecule is COCCCN1C2=C(C(=O)CCC2)C(c2cc(I)c(OCc3ccc(C)cc3)c(OC)c2)C2=C1CCCC2=O. The second-order valence-corrected chi connectivity index (χ2v) is 11.7. The highest BCUT2D eigenvalue weighted by molar-refractivity contribution is 14.1. The number of nitrogens with zero attached hydrogens (tertiary/aromatic N) is 1. The number of methoxy groups -OCH3 is 2. The molecule has 0 fully saturated rings. The largest absolute Gasteiger partial charge is 0.493 e. The highest BCUT2D eigenvalue weighted by atomic mass is 127. The van der Waals surface area contributed by atoms with Crippen LogP contribution in [-0.4, -0.2) is 43.8 Å². The fraction of sp³-hybridized carbons (Fsp3) is 0.438. The normalized spacial score (nSPS) is 17.9. The molecule has 206 valence electrons. The molecule has 0 aromatic heterocycles. The topological polar surface area (TPSA) is 65.1 Å². The Morgan fingerprint density at radius 1 is 0.923 bits per heavy atom. The van der Waals surface area contributed by atoms with Gasteiger partial charge in [0, 0.05) is 61.6 Å². The maximum atomic E-state index is 13.6. The molecule has 0 spiro atoms. The molecule has 1 aliphatic heterocycles. The van der Waals surface area contributed by atoms with Crippen LogP contribution in [0.2, 0.25) is 0 Å². The van der Waals surface area contributed by atoms with E-state index in [1.54, 1.807) is 14.2 Å². The van der Waals surface area contributed by atoms with Crippen molar-refractivity contribution < 1.29 is 23.8 Å². The van der Waals surface area contributed by atoms with Crippen LogP contribution in [0.15, 0.2) is 58.9 Å². The van der Waals surface area contributed by atoms with E-state index in [-0.39, 0.29) is 17.5 Å². The summed E-state index contributed by atoms with van der Waals surface area (Å²) in [5.41, 5.74) is 6.97. The first-order valence-corrected chi connectivity index (χ1v) is 14.9. The molecule has 0 atom stereocenters. The van der Waals surface area contributed by atoms with Gasteiger partial charge in [-0.25, -0.2) is 0 Å². The maximum Gasteiger partial charge on any atom is 0.174 e. The summed E-state index contributed by atoms with van der Waals surface area (Å²) < 4.78 is 18.3. The Kier molecular flexibility index (Phi) is 8.76. The first-order chi connectivity index (χ1) is 18.9. The van der Waals surface area contributed by atoms with Gasteiger partial charge in [0.25, 0.3) is 0 Å². The van der Waals surface area contributed by atoms with Gasteiger partial charge in [-0.15, -0.1) is 0 Å². The van der Waals surface area contributed by atoms with Crippen molar-refractivity contribution in [3.63, 3.8) is 0 Å². The van der Waals surface area contributed by atoms with Crippen molar-refractivity contribution >= 4 is 34.2 Å². The quantitative estimate of drug-likeness (QED) is 0.226. The number of hydrogen-bond donors (Lipinski definition) is 0. The van der Waals surface area contributed by atoms with Gasteiger partial charge in [-0.3, -0.25) is 9.59 Å². The third kappa shape index (κ3) is 5.66. The van der Waals surface area contributed by atoms with Gasteiger partial charge in [0.1, 0.15) is 6.61 Å². The zero-order valence-corrected chi connectivity index (χ0v) is 25.1. The van der Waals surface area contributed by atoms with Gasteiger partial charge >= 0.3 is 0 Å². The average Bonchev–Trinajstić information content (AvgIpc) is 2.93. The fourth-order valence-electron chi connectivity index (χ4n) is 6.07. The number of allylic oxidation sites excluding steroid dienone is 4. The Labute approximate surface area is 244 Å². The van der Waals surface area contributed by atoms with Crippen LogP contribution in [0.5, 0.6) is 11.5 Å². The van der Waals surface area contributed by atoms with E-state index < -0.39 is 0 Å². The summed E-state index contributed by atoms with van der Waals surface area (Å²) in [6, 6.07) is 12.3. The van der Waals surface area contributed by atoms with Gasteiger partial charge in [0.05, 0.1) is 10.7 Å². The zero-order chi connectivity index (χ0) is 27.5. The van der Waals surface area contributed by atoms with E-state index in [1.165, 1.54) is 5.56 Å². The Morgan fingerprint density at radius 3 is 2.15 bits per heavy atom. The van der Waals surface area contributed by atoms with Crippen molar-refractivity contribution in [1.29, 1.82) is 0 Å². The third-order valence-electron chi connectivity index (χ3n) is 7.91. The number of carbonyl (C=O) groups is 2. The first-order valence-electron chi connectivity index (χ1n) is 13.8. The molecular formula is C32H36INO5. The number of Topliss-reactive ketones (excluding diaryl/α,β-unsaturated/α-hetero) is 2. The van der Waals surface area contributed by atoms with E-state index in [0.717, 1.165) is 75.9 Å². The second-order valence-electron chi connectivity index (χ2n) is 10.5. The van der Waals surface area contributed by atoms with Crippen molar-refractivity contribution in [3.8, 4) is 11.5 Å². The summed E-state index contributed by atoms with van der Waals surface area (Å²) in [6.45, 7) is 3.89. The minimum Gasteiger partial charge on any atom is -0.493 e. The molecule has 6 nitrogen and oxygen atoms in total. The maximum absolute atomic E-state index is 13.6. The molecule has 39 heavy (non-hydrogen) atoms. The van der Waals surface area contributed by atoms with Crippen molar-refractivity contribution in [3.05, 3.63) is 79.2 Å². The van der Waals surface area contributed by atoms with Crippen molar-refractivity contribution in [2.75, 3.05) is 27.4 Å². The summed E-state index contributed by atoms with van der Waals surface area (Å²) in [7, 11) is 3.35. The Bertz CT molecular complexity index is 1280. The number of ketones is 2. The molecule has 0 amide bonds. The second kappa shape index (κ2) is 12.3. The highest BCUT2D eigenvalue weighted by Gasteiger charge is 2.43. The predicted molar refractivity (Wildman–Crippen MR) is 159 cm³/mol. The van der Waals surface area contributed by atoms with E-state index in [2.05, 4.69) is 64.7 Å². The van der Waals surface area contributed by atoms with Gasteiger partial charge in [0.15, 0.2) is 23.1 Å². The Hall–Kier alpha value is -2.65. The lowest BCUT2D eigenvalue weighted by Crippen LogP contribution is -2.39. The van der Waals surface area contributed by atoms with E-state index in [9.17, 15) is 9.59 Å². The first kappa shape index (κ1) is 27.9. The monoisotopic (exact) mass is 641 g/mol. The van der Waals surface area contributed by atoms with E-state index in [1.807, 2.05) is 6.07 Å². The van der Waals surface area contributed by atoms with Gasteiger partial charge in [-0.2, -0.15) is 0 Å². The minimum atomic E-state index is -0.372. The van der Waals surface area contributed by atoms with Crippen LogP contribution in [0.4, 0.5) is 0 Å². The van der Waals surface area contributed by atoms with Crippen LogP contribution < -0.4 is 9.47 Å². The summed E-state index contributed by atoms with van der Waals surface area (Å²) in [5, 5.41) is 0. The van der Waals surface area contributed by atoms with E-state index in [0.29, 0.717) is 37.6 Å². The number of halogens is 1. The molecular weight excluding hydrogens is 605 g/mol. The molecule has 2 aromatic rings. The molecule has 1 heterocycles. The van der Waals surface area contributed by atoms with Gasteiger partial charge < -0.3 is 19.1 Å². The Morgan fingerprint density at radius 2 is 1.56 bits per heavy atom. The van der Waals surface area contributed by atoms with Crippen molar-refractivity contribution in [2.24, 2.45) is 0 Å². The summed E-state index contributed by atoms with van der Waals surface area (Å²) in [5.74, 6) is 1.21. The molecule has 0 bridgehead atoms. The Balaban J connectivity index is 1.57. The zero-order valence-electron chi connectivity index (χ0n) is 23.0. The van der Waals surface area contributed by atoms with Crippen LogP contribution in [0.3, 0.4) is 0 Å². The van der Waals surface area contributed by atoms with Gasteiger partial charge in [-0.05, 0) is 84.9 Å². The van der Waals surface area contributed by atoms with Gasteiger partial charge in [-0.1, -0.05) is 29.8 Å². The number of hydrogen-bond acceptors (Lipinski definition) is 6. The van der Waals surface area contributed by atoms with Crippen molar-refractivity contribution in [2.45, 2.75) is 64.4 Å². The number of aryl methyl sites for hydroxylation is 1. The summed E-state index contributed by atoms with van der Waals surface area (Å²) >= 11 is 2.28. The van der Waals surface area contributed by atoms with Crippen LogP contribution in [-0.2, 0) is 20.9 Å². The minimum absolute atomic E-state index is 0.150. The van der Waals surface area contributed by atoms with Crippen LogP contribution in [0, 0.1) is 10.5 Å². The lowest BCUT2D eigenvalue weighted by Gasteiger charge is -2.44. The number of benzene rings is 2. The molecule has 3 aliphatic rings. The molecule has 0 radical (unpaired) electrons. The lowest BCUT2D eigenvalue weighted by molar-refractivity contribution is -0.117. The molecule has 0 unspecified atom stereocenters. The number of carbonyl (C=O) groups excluding carboxylic acids is 2. The third-order valence-corrected chi connectivity index (χ3v) is 8.71. The predicted octanol–water partition coefficient (Wildman–Crippen LogP) is 6.64. The molecule has 0 N–H and O–H groups in total. The standard InChI is InChI=1S/C32H36INO5/c1-20-11-13-21(14-12-20)19-39-32-23(33)17-22(18-28(32)38-3)29-30-24(7-4-9-26(30)35)34(15-6-16-37-2)25-8-5-10-27(36)31(25)29/h11-14,17-18,29H,4-10,15-16,19H2,1-3H3. The summed E-state index contributed by atoms with van der Waals surface area (Å²) in [6.07, 6.45) is 5.26. The molecule has 5 rings (SSSR count). The molecule has 2 aliphatic carbocycles. The van der Waals surface area contributed by atoms with Crippen LogP contribution in [0.25, 0.3) is 0 Å². The molecule has 0 saturated heterocycles. The van der Waals surface area contributed by atoms with Gasteiger partial charge in [0.2, 0.25) is 0 Å². The molecule has 0 saturated carbocycles. The molecule has 2 aromatic carbocycles.